The number of halogens is 2. The highest BCUT2D eigenvalue weighted by molar-refractivity contribution is 7.92. The lowest BCUT2D eigenvalue weighted by Crippen LogP contribution is -2.15. The summed E-state index contributed by atoms with van der Waals surface area (Å²) in [5, 5.41) is 9.27. The molecule has 5 nitrogen and oxygen atoms in total. The molecule has 0 aliphatic heterocycles. The molecule has 8 heteroatoms. The molecule has 0 heterocycles. The number of nitrogen functional groups attached to an aromatic ring is 1. The average Bonchev–Trinajstić information content (AvgIpc) is 2.33. The second-order valence-corrected chi connectivity index (χ2v) is 6.05. The second kappa shape index (κ2) is 5.18. The number of phenols is 1. The van der Waals surface area contributed by atoms with E-state index in [0.29, 0.717) is 0 Å². The zero-order valence-electron chi connectivity index (χ0n) is 9.97. The Morgan fingerprint density at radius 2 is 1.95 bits per heavy atom. The average molecular weight is 317 g/mol. The Balaban J connectivity index is 2.46. The van der Waals surface area contributed by atoms with E-state index in [1.54, 1.807) is 0 Å². The van der Waals surface area contributed by atoms with Crippen LogP contribution in [0.1, 0.15) is 0 Å². The molecule has 0 aliphatic carbocycles. The van der Waals surface area contributed by atoms with E-state index in [0.717, 1.165) is 12.1 Å². The molecule has 2 aromatic rings. The highest BCUT2D eigenvalue weighted by atomic mass is 35.5. The fourth-order valence-corrected chi connectivity index (χ4v) is 3.03. The normalized spacial score (nSPS) is 11.3. The summed E-state index contributed by atoms with van der Waals surface area (Å²) in [5.41, 5.74) is 5.06. The van der Waals surface area contributed by atoms with Gasteiger partial charge < -0.3 is 10.8 Å². The number of rotatable bonds is 3. The minimum atomic E-state index is -4.21. The van der Waals surface area contributed by atoms with Crippen molar-refractivity contribution in [2.24, 2.45) is 0 Å². The maximum atomic E-state index is 13.8. The van der Waals surface area contributed by atoms with Gasteiger partial charge in [-0.2, -0.15) is 0 Å². The summed E-state index contributed by atoms with van der Waals surface area (Å²) in [5.74, 6) is -1.21. The van der Waals surface area contributed by atoms with Gasteiger partial charge in [0.1, 0.15) is 10.6 Å². The number of hydrogen-bond donors (Lipinski definition) is 3. The van der Waals surface area contributed by atoms with E-state index >= 15 is 0 Å². The molecule has 0 unspecified atom stereocenters. The van der Waals surface area contributed by atoms with Crippen LogP contribution in [0, 0.1) is 5.82 Å². The van der Waals surface area contributed by atoms with Crippen LogP contribution in [0.3, 0.4) is 0 Å². The first-order chi connectivity index (χ1) is 9.29. The molecular weight excluding hydrogens is 307 g/mol. The van der Waals surface area contributed by atoms with Crippen molar-refractivity contribution in [3.05, 3.63) is 47.2 Å². The summed E-state index contributed by atoms with van der Waals surface area (Å²) in [6, 6.07) is 7.47. The monoisotopic (exact) mass is 316 g/mol. The van der Waals surface area contributed by atoms with E-state index in [-0.39, 0.29) is 22.1 Å². The maximum Gasteiger partial charge on any atom is 0.264 e. The third-order valence-electron chi connectivity index (χ3n) is 2.42. The lowest BCUT2D eigenvalue weighted by Gasteiger charge is -2.10. The Morgan fingerprint density at radius 3 is 2.60 bits per heavy atom. The van der Waals surface area contributed by atoms with Gasteiger partial charge in [0, 0.05) is 11.1 Å². The SMILES string of the molecule is Nc1cc(Cl)cc(S(=O)(=O)Nc2cccc(O)c2)c1F. The number of nitrogens with one attached hydrogen (secondary N) is 1. The van der Waals surface area contributed by atoms with Gasteiger partial charge in [0.2, 0.25) is 0 Å². The summed E-state index contributed by atoms with van der Waals surface area (Å²) in [6.45, 7) is 0. The van der Waals surface area contributed by atoms with Gasteiger partial charge in [-0.25, -0.2) is 12.8 Å². The van der Waals surface area contributed by atoms with Crippen molar-refractivity contribution in [2.75, 3.05) is 10.5 Å². The van der Waals surface area contributed by atoms with Crippen molar-refractivity contribution in [3.8, 4) is 5.75 Å². The van der Waals surface area contributed by atoms with Crippen LogP contribution in [0.2, 0.25) is 5.02 Å². The Labute approximate surface area is 119 Å². The van der Waals surface area contributed by atoms with Crippen LogP contribution in [0.4, 0.5) is 15.8 Å². The molecular formula is C12H10ClFN2O3S. The molecule has 106 valence electrons. The zero-order chi connectivity index (χ0) is 14.9. The second-order valence-electron chi connectivity index (χ2n) is 3.96. The van der Waals surface area contributed by atoms with Crippen molar-refractivity contribution < 1.29 is 17.9 Å². The fraction of sp³-hybridized carbons (Fsp3) is 0. The van der Waals surface area contributed by atoms with Gasteiger partial charge in [-0.1, -0.05) is 17.7 Å². The first-order valence-electron chi connectivity index (χ1n) is 5.36. The fourth-order valence-electron chi connectivity index (χ4n) is 1.56. The number of hydrogen-bond acceptors (Lipinski definition) is 4. The predicted octanol–water partition coefficient (Wildman–Crippen LogP) is 2.57. The predicted molar refractivity (Wildman–Crippen MR) is 74.7 cm³/mol. The molecule has 0 aliphatic rings. The number of aromatic hydroxyl groups is 1. The largest absolute Gasteiger partial charge is 0.508 e. The van der Waals surface area contributed by atoms with Crippen LogP contribution in [-0.2, 0) is 10.0 Å². The molecule has 2 aromatic carbocycles. The first kappa shape index (κ1) is 14.4. The molecule has 0 radical (unpaired) electrons. The third kappa shape index (κ3) is 2.94. The summed E-state index contributed by atoms with van der Waals surface area (Å²) in [6.07, 6.45) is 0. The van der Waals surface area contributed by atoms with Crippen LogP contribution in [0.5, 0.6) is 5.75 Å². The van der Waals surface area contributed by atoms with Crippen molar-refractivity contribution in [1.29, 1.82) is 0 Å². The Hall–Kier alpha value is -1.99. The summed E-state index contributed by atoms with van der Waals surface area (Å²) < 4.78 is 40.1. The molecule has 0 aromatic heterocycles. The van der Waals surface area contributed by atoms with Gasteiger partial charge in [0.15, 0.2) is 5.82 Å². The van der Waals surface area contributed by atoms with E-state index in [1.807, 2.05) is 0 Å². The van der Waals surface area contributed by atoms with Crippen molar-refractivity contribution in [3.63, 3.8) is 0 Å². The van der Waals surface area contributed by atoms with Crippen LogP contribution in [0.15, 0.2) is 41.3 Å². The van der Waals surface area contributed by atoms with E-state index in [1.165, 1.54) is 24.3 Å². The standard InChI is InChI=1S/C12H10ClFN2O3S/c13-7-4-10(15)12(14)11(5-7)20(18,19)16-8-2-1-3-9(17)6-8/h1-6,16-17H,15H2. The highest BCUT2D eigenvalue weighted by Gasteiger charge is 2.22. The summed E-state index contributed by atoms with van der Waals surface area (Å²) in [7, 11) is -4.21. The molecule has 0 saturated carbocycles. The van der Waals surface area contributed by atoms with E-state index in [4.69, 9.17) is 17.3 Å². The van der Waals surface area contributed by atoms with Gasteiger partial charge in [0.05, 0.1) is 11.4 Å². The van der Waals surface area contributed by atoms with Crippen LogP contribution in [-0.4, -0.2) is 13.5 Å². The molecule has 0 amide bonds. The Bertz CT molecular complexity index is 765. The minimum Gasteiger partial charge on any atom is -0.508 e. The topological polar surface area (TPSA) is 92.4 Å². The lowest BCUT2D eigenvalue weighted by molar-refractivity contribution is 0.475. The van der Waals surface area contributed by atoms with Crippen molar-refractivity contribution >= 4 is 33.0 Å². The van der Waals surface area contributed by atoms with Gasteiger partial charge >= 0.3 is 0 Å². The maximum absolute atomic E-state index is 13.8. The lowest BCUT2D eigenvalue weighted by atomic mass is 10.3. The van der Waals surface area contributed by atoms with Crippen LogP contribution in [0.25, 0.3) is 0 Å². The number of phenolic OH excluding ortho intramolecular Hbond substituents is 1. The first-order valence-corrected chi connectivity index (χ1v) is 7.22. The van der Waals surface area contributed by atoms with E-state index in [9.17, 15) is 17.9 Å². The van der Waals surface area contributed by atoms with Gasteiger partial charge in [0.25, 0.3) is 10.0 Å². The molecule has 0 bridgehead atoms. The number of sulfonamides is 1. The van der Waals surface area contributed by atoms with Gasteiger partial charge in [-0.15, -0.1) is 0 Å². The van der Waals surface area contributed by atoms with Crippen molar-refractivity contribution in [2.45, 2.75) is 4.90 Å². The molecule has 0 spiro atoms. The van der Waals surface area contributed by atoms with Crippen molar-refractivity contribution in [1.82, 2.24) is 0 Å². The number of benzene rings is 2. The van der Waals surface area contributed by atoms with Crippen LogP contribution >= 0.6 is 11.6 Å². The molecule has 2 rings (SSSR count). The minimum absolute atomic E-state index is 0.000170. The molecule has 0 saturated heterocycles. The van der Waals surface area contributed by atoms with E-state index < -0.39 is 20.7 Å². The number of anilines is 2. The number of nitrogens with two attached hydrogens (primary N) is 1. The molecule has 0 fully saturated rings. The van der Waals surface area contributed by atoms with Crippen LogP contribution < -0.4 is 10.5 Å². The molecule has 0 atom stereocenters. The summed E-state index contributed by atoms with van der Waals surface area (Å²) >= 11 is 5.68. The van der Waals surface area contributed by atoms with Gasteiger partial charge in [-0.3, -0.25) is 4.72 Å². The Morgan fingerprint density at radius 1 is 1.25 bits per heavy atom. The summed E-state index contributed by atoms with van der Waals surface area (Å²) in [4.78, 5) is -0.661. The smallest absolute Gasteiger partial charge is 0.264 e. The third-order valence-corrected chi connectivity index (χ3v) is 4.02. The molecule has 4 N–H and O–H groups in total. The quantitative estimate of drug-likeness (QED) is 0.759. The van der Waals surface area contributed by atoms with Gasteiger partial charge in [-0.05, 0) is 24.3 Å². The Kier molecular flexibility index (Phi) is 3.74. The highest BCUT2D eigenvalue weighted by Crippen LogP contribution is 2.27. The molecule has 20 heavy (non-hydrogen) atoms. The zero-order valence-corrected chi connectivity index (χ0v) is 11.5. The van der Waals surface area contributed by atoms with E-state index in [2.05, 4.69) is 4.72 Å².